The molecule has 0 fully saturated rings. The highest BCUT2D eigenvalue weighted by molar-refractivity contribution is 5.95. The Balaban J connectivity index is 2.20. The van der Waals surface area contributed by atoms with Crippen molar-refractivity contribution in [3.8, 4) is 0 Å². The van der Waals surface area contributed by atoms with Crippen LogP contribution >= 0.6 is 0 Å². The second kappa shape index (κ2) is 5.91. The summed E-state index contributed by atoms with van der Waals surface area (Å²) in [6.45, 7) is 1.78. The number of amides is 1. The second-order valence-corrected chi connectivity index (χ2v) is 4.96. The average Bonchev–Trinajstić information content (AvgIpc) is 2.43. The summed E-state index contributed by atoms with van der Waals surface area (Å²) in [4.78, 5) is 13.6. The molecule has 2 N–H and O–H groups in total. The molecule has 110 valence electrons. The molecule has 0 unspecified atom stereocenters. The number of halogens is 2. The highest BCUT2D eigenvalue weighted by Crippen LogP contribution is 2.19. The van der Waals surface area contributed by atoms with E-state index in [1.807, 2.05) is 0 Å². The van der Waals surface area contributed by atoms with Crippen molar-refractivity contribution in [1.82, 2.24) is 4.90 Å². The molecule has 0 aliphatic heterocycles. The summed E-state index contributed by atoms with van der Waals surface area (Å²) < 4.78 is 26.8. The van der Waals surface area contributed by atoms with Gasteiger partial charge in [-0.2, -0.15) is 0 Å². The lowest BCUT2D eigenvalue weighted by Crippen LogP contribution is -2.26. The van der Waals surface area contributed by atoms with Crippen molar-refractivity contribution in [2.75, 3.05) is 12.8 Å². The molecule has 0 radical (unpaired) electrons. The van der Waals surface area contributed by atoms with Crippen molar-refractivity contribution in [1.29, 1.82) is 0 Å². The zero-order chi connectivity index (χ0) is 15.6. The normalized spacial score (nSPS) is 10.5. The molecule has 0 aromatic heterocycles. The van der Waals surface area contributed by atoms with E-state index in [2.05, 4.69) is 0 Å². The van der Waals surface area contributed by atoms with Crippen molar-refractivity contribution >= 4 is 11.6 Å². The minimum Gasteiger partial charge on any atom is -0.398 e. The molecule has 0 bridgehead atoms. The number of rotatable bonds is 3. The second-order valence-electron chi connectivity index (χ2n) is 4.96. The van der Waals surface area contributed by atoms with Gasteiger partial charge in [0.25, 0.3) is 5.91 Å². The highest BCUT2D eigenvalue weighted by Gasteiger charge is 2.15. The summed E-state index contributed by atoms with van der Waals surface area (Å²) in [6, 6.07) is 8.59. The van der Waals surface area contributed by atoms with Gasteiger partial charge in [-0.1, -0.05) is 12.1 Å². The molecule has 1 amide bonds. The molecular formula is C16H16F2N2O. The first-order chi connectivity index (χ1) is 9.88. The first-order valence-electron chi connectivity index (χ1n) is 6.44. The Bertz CT molecular complexity index is 663. The van der Waals surface area contributed by atoms with Gasteiger partial charge in [0.05, 0.1) is 0 Å². The quantitative estimate of drug-likeness (QED) is 0.883. The van der Waals surface area contributed by atoms with Gasteiger partial charge in [0, 0.05) is 30.4 Å². The number of hydrogen-bond donors (Lipinski definition) is 1. The summed E-state index contributed by atoms with van der Waals surface area (Å²) in [5.41, 5.74) is 7.06. The van der Waals surface area contributed by atoms with Gasteiger partial charge in [0.2, 0.25) is 0 Å². The van der Waals surface area contributed by atoms with Crippen LogP contribution in [0.3, 0.4) is 0 Å². The third kappa shape index (κ3) is 3.37. The van der Waals surface area contributed by atoms with Crippen molar-refractivity contribution < 1.29 is 13.6 Å². The van der Waals surface area contributed by atoms with Gasteiger partial charge in [-0.15, -0.1) is 0 Å². The summed E-state index contributed by atoms with van der Waals surface area (Å²) in [6.07, 6.45) is 0. The Morgan fingerprint density at radius 3 is 2.57 bits per heavy atom. The lowest BCUT2D eigenvalue weighted by atomic mass is 10.1. The van der Waals surface area contributed by atoms with Crippen LogP contribution < -0.4 is 5.73 Å². The van der Waals surface area contributed by atoms with Crippen LogP contribution in [0.4, 0.5) is 14.5 Å². The Morgan fingerprint density at radius 1 is 1.24 bits per heavy atom. The lowest BCUT2D eigenvalue weighted by molar-refractivity contribution is 0.0784. The predicted octanol–water partition coefficient (Wildman–Crippen LogP) is 3.13. The minimum atomic E-state index is -0.516. The standard InChI is InChI=1S/C16H16F2N2O/c1-10-14(18)7-12(8-15(10)19)16(21)20(2)9-11-4-3-5-13(17)6-11/h3-8H,9,19H2,1-2H3. The molecule has 0 saturated heterocycles. The summed E-state index contributed by atoms with van der Waals surface area (Å²) in [5, 5.41) is 0. The Kier molecular flexibility index (Phi) is 4.21. The molecule has 0 saturated carbocycles. The van der Waals surface area contributed by atoms with E-state index >= 15 is 0 Å². The molecule has 0 heterocycles. The topological polar surface area (TPSA) is 46.3 Å². The maximum absolute atomic E-state index is 13.6. The van der Waals surface area contributed by atoms with Crippen molar-refractivity contribution in [3.63, 3.8) is 0 Å². The van der Waals surface area contributed by atoms with E-state index in [0.717, 1.165) is 6.07 Å². The van der Waals surface area contributed by atoms with Crippen LogP contribution in [-0.2, 0) is 6.54 Å². The SMILES string of the molecule is Cc1c(N)cc(C(=O)N(C)Cc2cccc(F)c2)cc1F. The van der Waals surface area contributed by atoms with E-state index in [9.17, 15) is 13.6 Å². The fourth-order valence-electron chi connectivity index (χ4n) is 2.02. The van der Waals surface area contributed by atoms with E-state index in [-0.39, 0.29) is 29.5 Å². The first-order valence-corrected chi connectivity index (χ1v) is 6.44. The molecule has 5 heteroatoms. The number of nitrogen functional groups attached to an aromatic ring is 1. The summed E-state index contributed by atoms with van der Waals surface area (Å²) in [7, 11) is 1.57. The number of carbonyl (C=O) groups is 1. The third-order valence-electron chi connectivity index (χ3n) is 3.29. The van der Waals surface area contributed by atoms with Gasteiger partial charge < -0.3 is 10.6 Å². The number of carbonyl (C=O) groups excluding carboxylic acids is 1. The van der Waals surface area contributed by atoms with Crippen LogP contribution in [0.25, 0.3) is 0 Å². The van der Waals surface area contributed by atoms with Gasteiger partial charge in [-0.05, 0) is 36.8 Å². The molecule has 2 aromatic rings. The number of anilines is 1. The van der Waals surface area contributed by atoms with Crippen LogP contribution in [0, 0.1) is 18.6 Å². The first kappa shape index (κ1) is 15.0. The van der Waals surface area contributed by atoms with Gasteiger partial charge in [0.1, 0.15) is 11.6 Å². The van der Waals surface area contributed by atoms with Crippen LogP contribution in [0.15, 0.2) is 36.4 Å². The molecule has 2 rings (SSSR count). The Hall–Kier alpha value is -2.43. The monoisotopic (exact) mass is 290 g/mol. The maximum atomic E-state index is 13.6. The largest absolute Gasteiger partial charge is 0.398 e. The number of nitrogens with zero attached hydrogens (tertiary/aromatic N) is 1. The van der Waals surface area contributed by atoms with E-state index in [1.54, 1.807) is 26.1 Å². The van der Waals surface area contributed by atoms with Gasteiger partial charge in [-0.25, -0.2) is 8.78 Å². The highest BCUT2D eigenvalue weighted by atomic mass is 19.1. The van der Waals surface area contributed by atoms with Crippen LogP contribution in [0.5, 0.6) is 0 Å². The van der Waals surface area contributed by atoms with Gasteiger partial charge in [-0.3, -0.25) is 4.79 Å². The zero-order valence-corrected chi connectivity index (χ0v) is 11.9. The third-order valence-corrected chi connectivity index (χ3v) is 3.29. The molecule has 0 aliphatic carbocycles. The van der Waals surface area contributed by atoms with Crippen LogP contribution in [0.1, 0.15) is 21.5 Å². The van der Waals surface area contributed by atoms with Crippen LogP contribution in [0.2, 0.25) is 0 Å². The molecule has 3 nitrogen and oxygen atoms in total. The van der Waals surface area contributed by atoms with E-state index < -0.39 is 5.82 Å². The van der Waals surface area contributed by atoms with Gasteiger partial charge in [0.15, 0.2) is 0 Å². The Labute approximate surface area is 122 Å². The molecule has 0 spiro atoms. The fourth-order valence-corrected chi connectivity index (χ4v) is 2.02. The molecule has 21 heavy (non-hydrogen) atoms. The van der Waals surface area contributed by atoms with E-state index in [4.69, 9.17) is 5.73 Å². The number of benzene rings is 2. The van der Waals surface area contributed by atoms with Crippen molar-refractivity contribution in [2.24, 2.45) is 0 Å². The minimum absolute atomic E-state index is 0.175. The summed E-state index contributed by atoms with van der Waals surface area (Å²) >= 11 is 0. The maximum Gasteiger partial charge on any atom is 0.254 e. The molecule has 0 atom stereocenters. The number of nitrogens with two attached hydrogens (primary N) is 1. The average molecular weight is 290 g/mol. The van der Waals surface area contributed by atoms with Crippen molar-refractivity contribution in [3.05, 3.63) is 64.7 Å². The molecule has 2 aromatic carbocycles. The molecular weight excluding hydrogens is 274 g/mol. The van der Waals surface area contributed by atoms with E-state index in [1.165, 1.54) is 23.1 Å². The van der Waals surface area contributed by atoms with Crippen LogP contribution in [-0.4, -0.2) is 17.9 Å². The Morgan fingerprint density at radius 2 is 1.95 bits per heavy atom. The van der Waals surface area contributed by atoms with Gasteiger partial charge >= 0.3 is 0 Å². The zero-order valence-electron chi connectivity index (χ0n) is 11.9. The predicted molar refractivity (Wildman–Crippen MR) is 77.7 cm³/mol. The smallest absolute Gasteiger partial charge is 0.254 e. The number of hydrogen-bond acceptors (Lipinski definition) is 2. The van der Waals surface area contributed by atoms with Crippen molar-refractivity contribution in [2.45, 2.75) is 13.5 Å². The fraction of sp³-hybridized carbons (Fsp3) is 0.188. The summed E-state index contributed by atoms with van der Waals surface area (Å²) in [5.74, 6) is -1.25. The van der Waals surface area contributed by atoms with E-state index in [0.29, 0.717) is 11.1 Å². The molecule has 0 aliphatic rings. The lowest BCUT2D eigenvalue weighted by Gasteiger charge is -2.18.